The molecule has 0 spiro atoms. The smallest absolute Gasteiger partial charge is 0.0964 e. The van der Waals surface area contributed by atoms with Crippen LogP contribution < -0.4 is 5.32 Å². The first-order chi connectivity index (χ1) is 9.13. The number of aryl methyl sites for hydroxylation is 2. The van der Waals surface area contributed by atoms with Crippen molar-refractivity contribution >= 4 is 11.6 Å². The molecule has 0 aliphatic rings. The lowest BCUT2D eigenvalue weighted by atomic mass is 10.2. The number of hydrogen-bond acceptors (Lipinski definition) is 4. The Morgan fingerprint density at radius 3 is 2.74 bits per heavy atom. The highest BCUT2D eigenvalue weighted by Crippen LogP contribution is 2.04. The van der Waals surface area contributed by atoms with E-state index in [1.165, 1.54) is 0 Å². The predicted octanol–water partition coefficient (Wildman–Crippen LogP) is 1.57. The summed E-state index contributed by atoms with van der Waals surface area (Å²) in [7, 11) is 0. The monoisotopic (exact) mass is 282 g/mol. The molecule has 0 fully saturated rings. The molecule has 0 unspecified atom stereocenters. The fourth-order valence-corrected chi connectivity index (χ4v) is 1.84. The van der Waals surface area contributed by atoms with Crippen LogP contribution in [-0.4, -0.2) is 31.3 Å². The number of rotatable bonds is 7. The van der Waals surface area contributed by atoms with E-state index in [0.29, 0.717) is 10.9 Å². The quantitative estimate of drug-likeness (QED) is 0.837. The van der Waals surface area contributed by atoms with Gasteiger partial charge in [0.15, 0.2) is 0 Å². The number of hydrogen-bond donors (Lipinski definition) is 1. The molecule has 19 heavy (non-hydrogen) atoms. The largest absolute Gasteiger partial charge is 0.311 e. The fourth-order valence-electron chi connectivity index (χ4n) is 1.68. The highest BCUT2D eigenvalue weighted by Gasteiger charge is 2.02. The number of halogens is 1. The Morgan fingerprint density at radius 2 is 2.05 bits per heavy atom. The van der Waals surface area contributed by atoms with Crippen LogP contribution >= 0.6 is 11.6 Å². The van der Waals surface area contributed by atoms with Gasteiger partial charge in [0, 0.05) is 18.9 Å². The van der Waals surface area contributed by atoms with E-state index in [4.69, 9.17) is 11.6 Å². The van der Waals surface area contributed by atoms with Gasteiger partial charge in [-0.05, 0) is 12.5 Å². The van der Waals surface area contributed by atoms with Crippen molar-refractivity contribution in [1.29, 1.82) is 0 Å². The van der Waals surface area contributed by atoms with Crippen LogP contribution in [-0.2, 0) is 19.6 Å². The summed E-state index contributed by atoms with van der Waals surface area (Å²) < 4.78 is 3.61. The first-order valence-corrected chi connectivity index (χ1v) is 6.79. The van der Waals surface area contributed by atoms with Gasteiger partial charge in [-0.15, -0.1) is 5.10 Å². The average Bonchev–Trinajstić information content (AvgIpc) is 2.95. The summed E-state index contributed by atoms with van der Waals surface area (Å²) in [5.74, 6) is 0.639. The van der Waals surface area contributed by atoms with Crippen LogP contribution in [0.3, 0.4) is 0 Å². The van der Waals surface area contributed by atoms with Crippen LogP contribution in [0.2, 0.25) is 5.02 Å². The van der Waals surface area contributed by atoms with Gasteiger partial charge in [0.25, 0.3) is 0 Å². The van der Waals surface area contributed by atoms with Gasteiger partial charge < -0.3 is 5.32 Å². The average molecular weight is 283 g/mol. The Kier molecular flexibility index (Phi) is 4.93. The Bertz CT molecular complexity index is 504. The molecule has 0 atom stereocenters. The van der Waals surface area contributed by atoms with Crippen LogP contribution in [0.15, 0.2) is 18.6 Å². The second-order valence-corrected chi connectivity index (χ2v) is 5.36. The molecule has 0 aromatic carbocycles. The molecule has 6 nitrogen and oxygen atoms in total. The van der Waals surface area contributed by atoms with Gasteiger partial charge in [0.1, 0.15) is 0 Å². The highest BCUT2D eigenvalue weighted by atomic mass is 35.5. The summed E-state index contributed by atoms with van der Waals surface area (Å²) in [5, 5.41) is 16.3. The van der Waals surface area contributed by atoms with Gasteiger partial charge in [0.2, 0.25) is 0 Å². The third-order valence-corrected chi connectivity index (χ3v) is 2.80. The van der Waals surface area contributed by atoms with Gasteiger partial charge in [-0.1, -0.05) is 30.7 Å². The molecule has 1 N–H and O–H groups in total. The lowest BCUT2D eigenvalue weighted by molar-refractivity contribution is 0.490. The summed E-state index contributed by atoms with van der Waals surface area (Å²) in [4.78, 5) is 0. The molecule has 2 aromatic heterocycles. The maximum atomic E-state index is 5.80. The van der Waals surface area contributed by atoms with E-state index in [1.54, 1.807) is 17.1 Å². The summed E-state index contributed by atoms with van der Waals surface area (Å²) in [6.45, 7) is 7.56. The number of aromatic nitrogens is 5. The minimum atomic E-state index is 0.639. The number of nitrogens with zero attached hydrogens (tertiary/aromatic N) is 5. The molecule has 0 amide bonds. The highest BCUT2D eigenvalue weighted by molar-refractivity contribution is 6.30. The summed E-state index contributed by atoms with van der Waals surface area (Å²) in [6.07, 6.45) is 5.38. The van der Waals surface area contributed by atoms with Crippen LogP contribution in [0.4, 0.5) is 0 Å². The maximum absolute atomic E-state index is 5.80. The van der Waals surface area contributed by atoms with Crippen LogP contribution in [0.1, 0.15) is 19.5 Å². The summed E-state index contributed by atoms with van der Waals surface area (Å²) >= 11 is 5.80. The maximum Gasteiger partial charge on any atom is 0.0964 e. The van der Waals surface area contributed by atoms with Crippen molar-refractivity contribution in [1.82, 2.24) is 30.1 Å². The van der Waals surface area contributed by atoms with Crippen molar-refractivity contribution in [3.8, 4) is 0 Å². The minimum Gasteiger partial charge on any atom is -0.311 e. The summed E-state index contributed by atoms with van der Waals surface area (Å²) in [5.41, 5.74) is 0.958. The topological polar surface area (TPSA) is 60.6 Å². The zero-order valence-electron chi connectivity index (χ0n) is 11.3. The van der Waals surface area contributed by atoms with Crippen molar-refractivity contribution in [2.24, 2.45) is 5.92 Å². The normalized spacial score (nSPS) is 11.4. The van der Waals surface area contributed by atoms with Crippen molar-refractivity contribution in [3.05, 3.63) is 29.3 Å². The molecule has 7 heteroatoms. The van der Waals surface area contributed by atoms with Gasteiger partial charge in [0.05, 0.1) is 30.0 Å². The third kappa shape index (κ3) is 4.65. The zero-order valence-corrected chi connectivity index (χ0v) is 12.0. The van der Waals surface area contributed by atoms with E-state index >= 15 is 0 Å². The first kappa shape index (κ1) is 14.0. The van der Waals surface area contributed by atoms with Gasteiger partial charge in [-0.3, -0.25) is 9.36 Å². The molecule has 0 radical (unpaired) electrons. The molecule has 2 heterocycles. The van der Waals surface area contributed by atoms with E-state index in [-0.39, 0.29) is 0 Å². The third-order valence-electron chi connectivity index (χ3n) is 2.60. The Hall–Kier alpha value is -1.40. The lowest BCUT2D eigenvalue weighted by Gasteiger charge is -2.04. The number of nitrogens with one attached hydrogen (secondary N) is 1. The standard InChI is InChI=1S/C12H19ClN6/c1-10(2)5-14-7-12-9-19(17-16-12)4-3-18-8-11(13)6-15-18/h6,8-10,14H,3-5,7H2,1-2H3. The minimum absolute atomic E-state index is 0.639. The van der Waals surface area contributed by atoms with Gasteiger partial charge in [-0.2, -0.15) is 5.10 Å². The molecular formula is C12H19ClN6. The molecular weight excluding hydrogens is 264 g/mol. The van der Waals surface area contributed by atoms with Crippen LogP contribution in [0, 0.1) is 5.92 Å². The van der Waals surface area contributed by atoms with E-state index < -0.39 is 0 Å². The van der Waals surface area contributed by atoms with E-state index in [2.05, 4.69) is 34.6 Å². The summed E-state index contributed by atoms with van der Waals surface area (Å²) in [6, 6.07) is 0. The molecule has 0 aliphatic carbocycles. The second-order valence-electron chi connectivity index (χ2n) is 4.92. The van der Waals surface area contributed by atoms with E-state index in [1.807, 2.05) is 10.9 Å². The molecule has 2 aromatic rings. The SMILES string of the molecule is CC(C)CNCc1cn(CCn2cc(Cl)cn2)nn1. The van der Waals surface area contributed by atoms with Crippen LogP contribution in [0.25, 0.3) is 0 Å². The Morgan fingerprint density at radius 1 is 1.26 bits per heavy atom. The van der Waals surface area contributed by atoms with Crippen molar-refractivity contribution in [2.75, 3.05) is 6.54 Å². The Balaban J connectivity index is 1.77. The van der Waals surface area contributed by atoms with Gasteiger partial charge >= 0.3 is 0 Å². The molecule has 0 saturated heterocycles. The molecule has 104 valence electrons. The predicted molar refractivity (Wildman–Crippen MR) is 73.8 cm³/mol. The van der Waals surface area contributed by atoms with Crippen LogP contribution in [0.5, 0.6) is 0 Å². The molecule has 0 saturated carbocycles. The zero-order chi connectivity index (χ0) is 13.7. The van der Waals surface area contributed by atoms with E-state index in [9.17, 15) is 0 Å². The van der Waals surface area contributed by atoms with Crippen molar-refractivity contribution < 1.29 is 0 Å². The van der Waals surface area contributed by atoms with Crippen molar-refractivity contribution in [2.45, 2.75) is 33.5 Å². The Labute approximate surface area is 117 Å². The van der Waals surface area contributed by atoms with Gasteiger partial charge in [-0.25, -0.2) is 0 Å². The molecule has 2 rings (SSSR count). The fraction of sp³-hybridized carbons (Fsp3) is 0.583. The lowest BCUT2D eigenvalue weighted by Crippen LogP contribution is -2.19. The molecule has 0 aliphatic heterocycles. The first-order valence-electron chi connectivity index (χ1n) is 6.41. The molecule has 0 bridgehead atoms. The van der Waals surface area contributed by atoms with E-state index in [0.717, 1.165) is 31.9 Å². The second kappa shape index (κ2) is 6.68. The van der Waals surface area contributed by atoms with Crippen molar-refractivity contribution in [3.63, 3.8) is 0 Å².